The van der Waals surface area contributed by atoms with Crippen molar-refractivity contribution in [1.29, 1.82) is 0 Å². The van der Waals surface area contributed by atoms with Gasteiger partial charge in [0.05, 0.1) is 25.5 Å². The Morgan fingerprint density at radius 3 is 2.38 bits per heavy atom. The van der Waals surface area contributed by atoms with Crippen LogP contribution in [0, 0.1) is 5.92 Å². The maximum atomic E-state index is 13.5. The molecule has 8 nitrogen and oxygen atoms in total. The Bertz CT molecular complexity index is 1070. The zero-order valence-electron chi connectivity index (χ0n) is 24.0. The number of carbonyl (C=O) groups is 2. The maximum Gasteiger partial charge on any atom is 0.272 e. The fourth-order valence-electron chi connectivity index (χ4n) is 5.89. The molecular weight excluding hydrogens is 492 g/mol. The first kappa shape index (κ1) is 29.0. The summed E-state index contributed by atoms with van der Waals surface area (Å²) in [4.78, 5) is 26.3. The van der Waals surface area contributed by atoms with E-state index in [-0.39, 0.29) is 17.9 Å². The minimum absolute atomic E-state index is 0.0265. The number of rotatable bonds is 14. The van der Waals surface area contributed by atoms with E-state index in [0.717, 1.165) is 49.3 Å². The third kappa shape index (κ3) is 7.76. The van der Waals surface area contributed by atoms with E-state index in [1.165, 1.54) is 44.9 Å². The van der Waals surface area contributed by atoms with Gasteiger partial charge in [0.25, 0.3) is 5.91 Å². The van der Waals surface area contributed by atoms with Gasteiger partial charge < -0.3 is 20.1 Å². The Balaban J connectivity index is 1.50. The van der Waals surface area contributed by atoms with Gasteiger partial charge in [-0.05, 0) is 56.2 Å². The number of amides is 2. The number of hydrogen-bond donors (Lipinski definition) is 2. The molecule has 2 amide bonds. The Kier molecular flexibility index (Phi) is 10.7. The lowest BCUT2D eigenvalue weighted by atomic mass is 9.85. The molecule has 1 heterocycles. The molecule has 2 aromatic rings. The predicted octanol–water partition coefficient (Wildman–Crippen LogP) is 5.89. The SMILES string of the molecule is CCCn1nc(C(=O)N[C@@H](CCCC2CCCCC2)CC(=O)NC2CCC2)cc1-c1c(OC)cccc1OC. The molecule has 1 aromatic carbocycles. The van der Waals surface area contributed by atoms with Gasteiger partial charge in [-0.2, -0.15) is 5.10 Å². The van der Waals surface area contributed by atoms with Crippen molar-refractivity contribution in [1.82, 2.24) is 20.4 Å². The van der Waals surface area contributed by atoms with Crippen LogP contribution < -0.4 is 20.1 Å². The standard InChI is InChI=1S/C31H46N4O4/c1-4-19-35-26(30-27(38-2)17-10-18-28(30)39-3)21-25(34-35)31(37)33-24(20-29(36)32-23-14-9-15-23)16-8-13-22-11-6-5-7-12-22/h10,17-18,21-24H,4-9,11-16,19-20H2,1-3H3,(H,32,36)(H,33,37)/t24-/m0/s1. The van der Waals surface area contributed by atoms with E-state index >= 15 is 0 Å². The van der Waals surface area contributed by atoms with E-state index < -0.39 is 0 Å². The largest absolute Gasteiger partial charge is 0.496 e. The first-order chi connectivity index (χ1) is 19.0. The van der Waals surface area contributed by atoms with E-state index in [1.54, 1.807) is 20.3 Å². The molecule has 2 saturated carbocycles. The normalized spacial score (nSPS) is 16.8. The van der Waals surface area contributed by atoms with Crippen LogP contribution in [0.5, 0.6) is 11.5 Å². The topological polar surface area (TPSA) is 94.5 Å². The minimum Gasteiger partial charge on any atom is -0.496 e. The number of aromatic nitrogens is 2. The number of ether oxygens (including phenoxy) is 2. The summed E-state index contributed by atoms with van der Waals surface area (Å²) in [5.41, 5.74) is 1.88. The monoisotopic (exact) mass is 538 g/mol. The molecule has 0 radical (unpaired) electrons. The molecule has 214 valence electrons. The summed E-state index contributed by atoms with van der Waals surface area (Å²) in [7, 11) is 3.25. The molecule has 2 aliphatic rings. The number of methoxy groups -OCH3 is 2. The molecule has 0 bridgehead atoms. The summed E-state index contributed by atoms with van der Waals surface area (Å²) in [5.74, 6) is 1.87. The second kappa shape index (κ2) is 14.4. The van der Waals surface area contributed by atoms with Crippen LogP contribution in [-0.4, -0.2) is 47.9 Å². The van der Waals surface area contributed by atoms with Crippen LogP contribution in [0.25, 0.3) is 11.3 Å². The van der Waals surface area contributed by atoms with E-state index in [0.29, 0.717) is 36.2 Å². The molecule has 2 aliphatic carbocycles. The summed E-state index contributed by atoms with van der Waals surface area (Å²) >= 11 is 0. The van der Waals surface area contributed by atoms with Gasteiger partial charge >= 0.3 is 0 Å². The van der Waals surface area contributed by atoms with E-state index in [2.05, 4.69) is 22.7 Å². The molecule has 39 heavy (non-hydrogen) atoms. The zero-order valence-corrected chi connectivity index (χ0v) is 24.0. The maximum absolute atomic E-state index is 13.5. The van der Waals surface area contributed by atoms with E-state index in [9.17, 15) is 9.59 Å². The molecule has 0 aliphatic heterocycles. The lowest BCUT2D eigenvalue weighted by molar-refractivity contribution is -0.122. The lowest BCUT2D eigenvalue weighted by Crippen LogP contribution is -2.44. The minimum atomic E-state index is -0.251. The van der Waals surface area contributed by atoms with Crippen LogP contribution in [-0.2, 0) is 11.3 Å². The van der Waals surface area contributed by atoms with Crippen molar-refractivity contribution in [3.05, 3.63) is 30.0 Å². The van der Waals surface area contributed by atoms with Gasteiger partial charge in [-0.3, -0.25) is 14.3 Å². The van der Waals surface area contributed by atoms with E-state index in [4.69, 9.17) is 9.47 Å². The molecule has 1 atom stereocenters. The Hall–Kier alpha value is -3.03. The van der Waals surface area contributed by atoms with Gasteiger partial charge in [-0.25, -0.2) is 0 Å². The quantitative estimate of drug-likeness (QED) is 0.313. The van der Waals surface area contributed by atoms with Crippen molar-refractivity contribution in [2.75, 3.05) is 14.2 Å². The number of aryl methyl sites for hydroxylation is 1. The average Bonchev–Trinajstić information content (AvgIpc) is 3.34. The van der Waals surface area contributed by atoms with Gasteiger partial charge in [-0.1, -0.05) is 57.9 Å². The van der Waals surface area contributed by atoms with Crippen LogP contribution in [0.15, 0.2) is 24.3 Å². The molecule has 2 fully saturated rings. The zero-order chi connectivity index (χ0) is 27.6. The molecular formula is C31H46N4O4. The van der Waals surface area contributed by atoms with Crippen LogP contribution >= 0.6 is 0 Å². The summed E-state index contributed by atoms with van der Waals surface area (Å²) in [6, 6.07) is 7.51. The molecule has 8 heteroatoms. The van der Waals surface area contributed by atoms with Crippen molar-refractivity contribution in [2.45, 2.75) is 109 Å². The average molecular weight is 539 g/mol. The van der Waals surface area contributed by atoms with Gasteiger partial charge in [0.2, 0.25) is 5.91 Å². The van der Waals surface area contributed by atoms with Gasteiger partial charge in [0, 0.05) is 25.0 Å². The van der Waals surface area contributed by atoms with Crippen molar-refractivity contribution in [3.8, 4) is 22.8 Å². The Labute approximate surface area is 233 Å². The van der Waals surface area contributed by atoms with Crippen LogP contribution in [0.4, 0.5) is 0 Å². The number of carbonyl (C=O) groups excluding carboxylic acids is 2. The summed E-state index contributed by atoms with van der Waals surface area (Å²) in [5, 5.41) is 11.0. The second-order valence-electron chi connectivity index (χ2n) is 11.2. The lowest BCUT2D eigenvalue weighted by Gasteiger charge is -2.28. The highest BCUT2D eigenvalue weighted by Gasteiger charge is 2.26. The van der Waals surface area contributed by atoms with Crippen molar-refractivity contribution in [3.63, 3.8) is 0 Å². The van der Waals surface area contributed by atoms with Crippen molar-refractivity contribution < 1.29 is 19.1 Å². The third-order valence-electron chi connectivity index (χ3n) is 8.26. The highest BCUT2D eigenvalue weighted by atomic mass is 16.5. The first-order valence-electron chi connectivity index (χ1n) is 14.9. The van der Waals surface area contributed by atoms with Crippen molar-refractivity contribution >= 4 is 11.8 Å². The fraction of sp³-hybridized carbons (Fsp3) is 0.645. The second-order valence-corrected chi connectivity index (χ2v) is 11.2. The van der Waals surface area contributed by atoms with Crippen LogP contribution in [0.2, 0.25) is 0 Å². The number of nitrogens with one attached hydrogen (secondary N) is 2. The molecule has 1 aromatic heterocycles. The predicted molar refractivity (Wildman–Crippen MR) is 153 cm³/mol. The summed E-state index contributed by atoms with van der Waals surface area (Å²) < 4.78 is 13.1. The Morgan fingerprint density at radius 1 is 1.05 bits per heavy atom. The Morgan fingerprint density at radius 2 is 1.77 bits per heavy atom. The van der Waals surface area contributed by atoms with Gasteiger partial charge in [-0.15, -0.1) is 0 Å². The summed E-state index contributed by atoms with van der Waals surface area (Å²) in [6.45, 7) is 2.73. The number of hydrogen-bond acceptors (Lipinski definition) is 5. The molecule has 0 spiro atoms. The molecule has 0 unspecified atom stereocenters. The smallest absolute Gasteiger partial charge is 0.272 e. The molecule has 0 saturated heterocycles. The van der Waals surface area contributed by atoms with Gasteiger partial charge in [0.1, 0.15) is 11.5 Å². The third-order valence-corrected chi connectivity index (χ3v) is 8.26. The number of benzene rings is 1. The molecule has 4 rings (SSSR count). The number of nitrogens with zero attached hydrogens (tertiary/aromatic N) is 2. The summed E-state index contributed by atoms with van der Waals surface area (Å²) in [6.07, 6.45) is 14.0. The fourth-order valence-corrected chi connectivity index (χ4v) is 5.89. The highest BCUT2D eigenvalue weighted by molar-refractivity contribution is 5.94. The molecule has 2 N–H and O–H groups in total. The van der Waals surface area contributed by atoms with E-state index in [1.807, 2.05) is 22.9 Å². The van der Waals surface area contributed by atoms with Crippen LogP contribution in [0.3, 0.4) is 0 Å². The van der Waals surface area contributed by atoms with Gasteiger partial charge in [0.15, 0.2) is 5.69 Å². The van der Waals surface area contributed by atoms with Crippen LogP contribution in [0.1, 0.15) is 101 Å². The highest BCUT2D eigenvalue weighted by Crippen LogP contribution is 2.38. The first-order valence-corrected chi connectivity index (χ1v) is 14.9. The van der Waals surface area contributed by atoms with Crippen molar-refractivity contribution in [2.24, 2.45) is 5.92 Å².